The lowest BCUT2D eigenvalue weighted by Gasteiger charge is -2.58. The zero-order valence-electron chi connectivity index (χ0n) is 20.8. The van der Waals surface area contributed by atoms with Crippen LogP contribution in [0.3, 0.4) is 0 Å². The number of carbonyl (C=O) groups excluding carboxylic acids is 2. The van der Waals surface area contributed by atoms with E-state index in [-0.39, 0.29) is 29.3 Å². The van der Waals surface area contributed by atoms with Gasteiger partial charge in [0.05, 0.1) is 18.5 Å². The number of furan rings is 1. The predicted molar refractivity (Wildman–Crippen MR) is 130 cm³/mol. The Bertz CT molecular complexity index is 996. The Morgan fingerprint density at radius 1 is 1.15 bits per heavy atom. The minimum absolute atomic E-state index is 0.0904. The summed E-state index contributed by atoms with van der Waals surface area (Å²) in [5.74, 6) is 3.30. The molecule has 1 N–H and O–H groups in total. The summed E-state index contributed by atoms with van der Waals surface area (Å²) in [5.41, 5.74) is 2.88. The summed E-state index contributed by atoms with van der Waals surface area (Å²) >= 11 is 0. The lowest BCUT2D eigenvalue weighted by Crippen LogP contribution is -2.51. The molecule has 0 saturated heterocycles. The van der Waals surface area contributed by atoms with Crippen molar-refractivity contribution < 1.29 is 18.8 Å². The van der Waals surface area contributed by atoms with Crippen molar-refractivity contribution in [1.82, 2.24) is 5.32 Å². The van der Waals surface area contributed by atoms with E-state index in [2.05, 4.69) is 30.4 Å². The van der Waals surface area contributed by atoms with E-state index in [1.165, 1.54) is 31.3 Å². The van der Waals surface area contributed by atoms with Crippen molar-refractivity contribution in [2.75, 3.05) is 6.61 Å². The minimum atomic E-state index is -0.208. The van der Waals surface area contributed by atoms with Gasteiger partial charge in [0.25, 0.3) is 5.91 Å². The molecular weight excluding hydrogens is 428 g/mol. The molecule has 34 heavy (non-hydrogen) atoms. The highest BCUT2D eigenvalue weighted by atomic mass is 16.6. The number of ketones is 1. The van der Waals surface area contributed by atoms with Gasteiger partial charge in [0.2, 0.25) is 0 Å². The Morgan fingerprint density at radius 3 is 2.76 bits per heavy atom. The zero-order chi connectivity index (χ0) is 23.9. The third kappa shape index (κ3) is 4.03. The first kappa shape index (κ1) is 23.4. The summed E-state index contributed by atoms with van der Waals surface area (Å²) in [5, 5.41) is 7.08. The highest BCUT2D eigenvalue weighted by molar-refractivity contribution is 5.96. The summed E-state index contributed by atoms with van der Waals surface area (Å²) in [7, 11) is 0. The first-order chi connectivity index (χ1) is 16.3. The van der Waals surface area contributed by atoms with Gasteiger partial charge in [0, 0.05) is 5.92 Å². The lowest BCUT2D eigenvalue weighted by atomic mass is 9.46. The molecule has 0 aliphatic heterocycles. The fraction of sp³-hybridized carbons (Fsp3) is 0.679. The number of fused-ring (bicyclic) bond motifs is 5. The maximum atomic E-state index is 12.3. The van der Waals surface area contributed by atoms with E-state index >= 15 is 0 Å². The molecule has 4 aliphatic carbocycles. The molecule has 6 nitrogen and oxygen atoms in total. The second kappa shape index (κ2) is 9.01. The third-order valence-electron chi connectivity index (χ3n) is 9.89. The molecule has 5 rings (SSSR count). The van der Waals surface area contributed by atoms with E-state index in [0.717, 1.165) is 37.3 Å². The topological polar surface area (TPSA) is 80.9 Å². The SMILES string of the molecule is CC(=O)C1CCC2C3CCC4=CC(=NOCC(=O)NCc5ccco5)CC[C@]4(C)C3CC[C@]12C. The Balaban J connectivity index is 1.21. The molecule has 0 bridgehead atoms. The van der Waals surface area contributed by atoms with Crippen LogP contribution in [0.15, 0.2) is 39.6 Å². The second-order valence-electron chi connectivity index (χ2n) is 11.5. The predicted octanol–water partition coefficient (Wildman–Crippen LogP) is 5.44. The van der Waals surface area contributed by atoms with Crippen LogP contribution < -0.4 is 5.32 Å². The van der Waals surface area contributed by atoms with Gasteiger partial charge < -0.3 is 14.6 Å². The van der Waals surface area contributed by atoms with Crippen LogP contribution in [0.2, 0.25) is 0 Å². The van der Waals surface area contributed by atoms with E-state index in [1.807, 2.05) is 6.07 Å². The van der Waals surface area contributed by atoms with Crippen molar-refractivity contribution in [2.45, 2.75) is 78.7 Å². The van der Waals surface area contributed by atoms with E-state index in [4.69, 9.17) is 9.25 Å². The minimum Gasteiger partial charge on any atom is -0.467 e. The standard InChI is InChI=1S/C28H38N2O4/c1-18(31)23-8-9-24-22-7-6-19-15-20(10-12-27(19,2)25(22)11-13-28(23,24)3)30-34-17-26(32)29-16-21-5-4-14-33-21/h4-5,14-15,22-25H,6-13,16-17H2,1-3H3,(H,29,32)/t22?,23?,24?,25?,27-,28+/m0/s1. The highest BCUT2D eigenvalue weighted by Gasteiger charge is 2.59. The number of oxime groups is 1. The first-order valence-corrected chi connectivity index (χ1v) is 13.0. The summed E-state index contributed by atoms with van der Waals surface area (Å²) in [6, 6.07) is 3.62. The molecule has 4 unspecified atom stereocenters. The third-order valence-corrected chi connectivity index (χ3v) is 9.89. The molecule has 6 heteroatoms. The fourth-order valence-electron chi connectivity index (χ4n) is 8.13. The van der Waals surface area contributed by atoms with Gasteiger partial charge in [0.1, 0.15) is 11.5 Å². The quantitative estimate of drug-likeness (QED) is 0.566. The molecular formula is C28H38N2O4. The van der Waals surface area contributed by atoms with Gasteiger partial charge in [-0.25, -0.2) is 0 Å². The monoisotopic (exact) mass is 466 g/mol. The average Bonchev–Trinajstić information content (AvgIpc) is 3.45. The number of nitrogens with zero attached hydrogens (tertiary/aromatic N) is 1. The van der Waals surface area contributed by atoms with Crippen molar-refractivity contribution >= 4 is 17.4 Å². The first-order valence-electron chi connectivity index (χ1n) is 13.0. The van der Waals surface area contributed by atoms with E-state index in [9.17, 15) is 9.59 Å². The Morgan fingerprint density at radius 2 is 2.00 bits per heavy atom. The van der Waals surface area contributed by atoms with Crippen LogP contribution in [0, 0.1) is 34.5 Å². The van der Waals surface area contributed by atoms with E-state index in [1.54, 1.807) is 19.3 Å². The molecule has 184 valence electrons. The summed E-state index contributed by atoms with van der Waals surface area (Å²) in [6.45, 7) is 6.95. The Hall–Kier alpha value is -2.37. The highest BCUT2D eigenvalue weighted by Crippen LogP contribution is 2.66. The number of hydrogen-bond acceptors (Lipinski definition) is 5. The number of rotatable bonds is 6. The van der Waals surface area contributed by atoms with Crippen molar-refractivity contribution in [3.8, 4) is 0 Å². The molecule has 1 amide bonds. The summed E-state index contributed by atoms with van der Waals surface area (Å²) < 4.78 is 5.22. The van der Waals surface area contributed by atoms with E-state index < -0.39 is 0 Å². The largest absolute Gasteiger partial charge is 0.467 e. The molecule has 1 aromatic rings. The van der Waals surface area contributed by atoms with Gasteiger partial charge in [-0.2, -0.15) is 0 Å². The van der Waals surface area contributed by atoms with Crippen LogP contribution in [0.25, 0.3) is 0 Å². The number of Topliss-reactive ketones (excluding diaryl/α,β-unsaturated/α-hetero) is 1. The van der Waals surface area contributed by atoms with Crippen molar-refractivity contribution in [2.24, 2.45) is 39.7 Å². The Labute approximate surface area is 202 Å². The molecule has 6 atom stereocenters. The van der Waals surface area contributed by atoms with Gasteiger partial charge in [-0.3, -0.25) is 9.59 Å². The number of amides is 1. The van der Waals surface area contributed by atoms with Gasteiger partial charge in [-0.1, -0.05) is 24.6 Å². The van der Waals surface area contributed by atoms with Crippen molar-refractivity contribution in [3.05, 3.63) is 35.8 Å². The van der Waals surface area contributed by atoms with Crippen LogP contribution in [-0.2, 0) is 21.0 Å². The van der Waals surface area contributed by atoms with Gasteiger partial charge in [-0.05, 0) is 105 Å². The van der Waals surface area contributed by atoms with Gasteiger partial charge in [-0.15, -0.1) is 0 Å². The number of carbonyl (C=O) groups is 2. The molecule has 0 aromatic carbocycles. The van der Waals surface area contributed by atoms with Crippen LogP contribution in [0.5, 0.6) is 0 Å². The maximum absolute atomic E-state index is 12.3. The molecule has 1 aromatic heterocycles. The van der Waals surface area contributed by atoms with Crippen LogP contribution in [-0.4, -0.2) is 24.0 Å². The van der Waals surface area contributed by atoms with Gasteiger partial charge in [0.15, 0.2) is 6.61 Å². The molecule has 0 radical (unpaired) electrons. The number of allylic oxidation sites excluding steroid dienone is 2. The van der Waals surface area contributed by atoms with Crippen molar-refractivity contribution in [3.63, 3.8) is 0 Å². The lowest BCUT2D eigenvalue weighted by molar-refractivity contribution is -0.128. The maximum Gasteiger partial charge on any atom is 0.261 e. The molecule has 3 saturated carbocycles. The molecule has 3 fully saturated rings. The zero-order valence-corrected chi connectivity index (χ0v) is 20.8. The molecule has 0 spiro atoms. The van der Waals surface area contributed by atoms with E-state index in [0.29, 0.717) is 29.9 Å². The second-order valence-corrected chi connectivity index (χ2v) is 11.5. The Kier molecular flexibility index (Phi) is 6.19. The number of hydrogen-bond donors (Lipinski definition) is 1. The number of nitrogens with one attached hydrogen (secondary N) is 1. The molecule has 1 heterocycles. The molecule has 4 aliphatic rings. The van der Waals surface area contributed by atoms with Crippen LogP contribution in [0.4, 0.5) is 0 Å². The average molecular weight is 467 g/mol. The summed E-state index contributed by atoms with van der Waals surface area (Å²) in [6.07, 6.45) is 12.9. The van der Waals surface area contributed by atoms with Crippen LogP contribution >= 0.6 is 0 Å². The van der Waals surface area contributed by atoms with Crippen molar-refractivity contribution in [1.29, 1.82) is 0 Å². The fourth-order valence-corrected chi connectivity index (χ4v) is 8.13. The summed E-state index contributed by atoms with van der Waals surface area (Å²) in [4.78, 5) is 29.8. The van der Waals surface area contributed by atoms with Crippen LogP contribution in [0.1, 0.15) is 77.9 Å². The normalized spacial score (nSPS) is 37.9. The smallest absolute Gasteiger partial charge is 0.261 e. The van der Waals surface area contributed by atoms with Gasteiger partial charge >= 0.3 is 0 Å².